The van der Waals surface area contributed by atoms with E-state index in [4.69, 9.17) is 8.83 Å². The summed E-state index contributed by atoms with van der Waals surface area (Å²) in [6, 6.07) is 15.6. The summed E-state index contributed by atoms with van der Waals surface area (Å²) in [7, 11) is 0. The molecule has 0 radical (unpaired) electrons. The summed E-state index contributed by atoms with van der Waals surface area (Å²) in [5.74, 6) is 0.924. The first-order chi connectivity index (χ1) is 12.2. The van der Waals surface area contributed by atoms with Crippen LogP contribution in [-0.2, 0) is 0 Å². The topological polar surface area (TPSA) is 102 Å². The summed E-state index contributed by atoms with van der Waals surface area (Å²) in [6.07, 6.45) is 2.67. The summed E-state index contributed by atoms with van der Waals surface area (Å²) in [4.78, 5) is 11.1. The van der Waals surface area contributed by atoms with Crippen molar-refractivity contribution < 1.29 is 19.1 Å². The van der Waals surface area contributed by atoms with E-state index in [1.165, 1.54) is 6.26 Å². The molecule has 0 aliphatic carbocycles. The van der Waals surface area contributed by atoms with Gasteiger partial charge < -0.3 is 18.9 Å². The molecule has 1 aromatic carbocycles. The number of hydrogen-bond donors (Lipinski definition) is 1. The number of anilines is 1. The Morgan fingerprint density at radius 2 is 1.68 bits per heavy atom. The fraction of sp³-hybridized carbons (Fsp3) is 0.118. The van der Waals surface area contributed by atoms with Gasteiger partial charge in [0.05, 0.1) is 23.3 Å². The number of nitrogens with zero attached hydrogens (tertiary/aromatic N) is 3. The molecule has 0 fully saturated rings. The highest BCUT2D eigenvalue weighted by Gasteiger charge is 2.47. The summed E-state index contributed by atoms with van der Waals surface area (Å²) < 4.78 is 10.9. The number of nitro groups is 1. The molecule has 1 aliphatic heterocycles. The summed E-state index contributed by atoms with van der Waals surface area (Å²) in [6.45, 7) is 0. The maximum atomic E-state index is 11.6. The molecule has 126 valence electrons. The number of hydrogen-bond acceptors (Lipinski definition) is 6. The van der Waals surface area contributed by atoms with Crippen molar-refractivity contribution >= 4 is 11.5 Å². The van der Waals surface area contributed by atoms with Crippen molar-refractivity contribution in [3.05, 3.63) is 88.8 Å². The van der Waals surface area contributed by atoms with Crippen molar-refractivity contribution in [2.45, 2.75) is 12.2 Å². The van der Waals surface area contributed by atoms with Crippen molar-refractivity contribution in [1.82, 2.24) is 0 Å². The molecule has 0 saturated carbocycles. The first-order valence-corrected chi connectivity index (χ1v) is 7.73. The standard InChI is InChI=1S/C17H14N4O4/c22-21(23)17-15(13-8-4-10-24-13)18-16(14-9-5-11-25-14)20(19-17)12-6-2-1-3-7-12/h1-11,15-16,18H/p+1/t15-,16+/m1/s1. The highest BCUT2D eigenvalue weighted by molar-refractivity contribution is 5.81. The van der Waals surface area contributed by atoms with Gasteiger partial charge in [-0.25, -0.2) is 0 Å². The molecule has 0 bridgehead atoms. The zero-order valence-corrected chi connectivity index (χ0v) is 13.1. The van der Waals surface area contributed by atoms with Crippen molar-refractivity contribution in [2.75, 3.05) is 5.01 Å². The normalized spacial score (nSPS) is 20.3. The molecule has 2 aromatic heterocycles. The minimum atomic E-state index is -0.667. The van der Waals surface area contributed by atoms with Gasteiger partial charge in [-0.1, -0.05) is 18.2 Å². The first kappa shape index (κ1) is 15.2. The summed E-state index contributed by atoms with van der Waals surface area (Å²) in [5.41, 5.74) is 0.734. The van der Waals surface area contributed by atoms with Crippen LogP contribution in [0.4, 0.5) is 5.69 Å². The molecule has 2 N–H and O–H groups in total. The second-order valence-electron chi connectivity index (χ2n) is 5.54. The average Bonchev–Trinajstić information content (AvgIpc) is 3.35. The van der Waals surface area contributed by atoms with Crippen LogP contribution < -0.4 is 10.3 Å². The van der Waals surface area contributed by atoms with Crippen LogP contribution in [0.5, 0.6) is 0 Å². The molecule has 0 spiro atoms. The highest BCUT2D eigenvalue weighted by atomic mass is 16.6. The van der Waals surface area contributed by atoms with E-state index in [9.17, 15) is 10.1 Å². The smallest absolute Gasteiger partial charge is 0.430 e. The number of hydrazone groups is 1. The second-order valence-corrected chi connectivity index (χ2v) is 5.54. The van der Waals surface area contributed by atoms with Gasteiger partial charge in [-0.05, 0) is 41.3 Å². The lowest BCUT2D eigenvalue weighted by molar-refractivity contribution is -0.732. The molecule has 2 atom stereocenters. The Morgan fingerprint density at radius 1 is 1.00 bits per heavy atom. The third-order valence-corrected chi connectivity index (χ3v) is 4.02. The minimum absolute atomic E-state index is 0.193. The highest BCUT2D eigenvalue weighted by Crippen LogP contribution is 2.28. The van der Waals surface area contributed by atoms with Gasteiger partial charge in [0.1, 0.15) is 0 Å². The van der Waals surface area contributed by atoms with Crippen molar-refractivity contribution in [3.63, 3.8) is 0 Å². The van der Waals surface area contributed by atoms with Crippen LogP contribution in [0.25, 0.3) is 0 Å². The van der Waals surface area contributed by atoms with Crippen molar-refractivity contribution in [3.8, 4) is 0 Å². The number of benzene rings is 1. The summed E-state index contributed by atoms with van der Waals surface area (Å²) in [5, 5.41) is 19.3. The molecule has 25 heavy (non-hydrogen) atoms. The lowest BCUT2D eigenvalue weighted by atomic mass is 10.1. The van der Waals surface area contributed by atoms with Crippen LogP contribution in [0, 0.1) is 10.1 Å². The van der Waals surface area contributed by atoms with Gasteiger partial charge in [-0.3, -0.25) is 5.32 Å². The fourth-order valence-electron chi connectivity index (χ4n) is 2.90. The SMILES string of the molecule is O=[N+]([O-])C1=NN(c2ccccc2)[C@@H](c2ccco2)[NH2+][C@@H]1c1ccco1. The Morgan fingerprint density at radius 3 is 2.28 bits per heavy atom. The van der Waals surface area contributed by atoms with E-state index in [1.54, 1.807) is 29.5 Å². The van der Waals surface area contributed by atoms with Crippen molar-refractivity contribution in [2.24, 2.45) is 5.10 Å². The second kappa shape index (κ2) is 6.25. The fourth-order valence-corrected chi connectivity index (χ4v) is 2.90. The van der Waals surface area contributed by atoms with Crippen LogP contribution in [0.3, 0.4) is 0 Å². The monoisotopic (exact) mass is 339 g/mol. The molecule has 0 amide bonds. The number of rotatable bonds is 3. The first-order valence-electron chi connectivity index (χ1n) is 7.73. The quantitative estimate of drug-likeness (QED) is 0.583. The van der Waals surface area contributed by atoms with E-state index in [2.05, 4.69) is 5.10 Å². The Balaban J connectivity index is 1.83. The van der Waals surface area contributed by atoms with Crippen molar-refractivity contribution in [1.29, 1.82) is 0 Å². The number of amidine groups is 1. The maximum Gasteiger partial charge on any atom is 0.430 e. The Hall–Kier alpha value is -3.39. The molecule has 1 aliphatic rings. The molecule has 0 unspecified atom stereocenters. The van der Waals surface area contributed by atoms with Gasteiger partial charge in [-0.2, -0.15) is 0 Å². The lowest BCUT2D eigenvalue weighted by Gasteiger charge is -2.27. The zero-order chi connectivity index (χ0) is 17.2. The number of quaternary nitrogens is 1. The number of para-hydroxylation sites is 1. The number of furan rings is 2. The van der Waals surface area contributed by atoms with E-state index in [0.717, 1.165) is 5.69 Å². The van der Waals surface area contributed by atoms with Crippen LogP contribution in [0.15, 0.2) is 81.1 Å². The molecule has 3 heterocycles. The molecule has 3 aromatic rings. The van der Waals surface area contributed by atoms with Crippen LogP contribution in [-0.4, -0.2) is 10.8 Å². The maximum absolute atomic E-state index is 11.6. The predicted octanol–water partition coefficient (Wildman–Crippen LogP) is 2.29. The van der Waals surface area contributed by atoms with E-state index in [1.807, 2.05) is 41.7 Å². The molecular weight excluding hydrogens is 324 g/mol. The number of nitrogens with two attached hydrogens (primary N) is 1. The molecule has 0 saturated heterocycles. The van der Waals surface area contributed by atoms with E-state index in [0.29, 0.717) is 11.5 Å². The Bertz CT molecular complexity index is 875. The third-order valence-electron chi connectivity index (χ3n) is 4.02. The van der Waals surface area contributed by atoms with Crippen LogP contribution in [0.2, 0.25) is 0 Å². The lowest BCUT2D eigenvalue weighted by Crippen LogP contribution is -2.92. The predicted molar refractivity (Wildman–Crippen MR) is 88.2 cm³/mol. The van der Waals surface area contributed by atoms with Gasteiger partial charge in [0.25, 0.3) is 12.2 Å². The van der Waals surface area contributed by atoms with E-state index >= 15 is 0 Å². The average molecular weight is 339 g/mol. The van der Waals surface area contributed by atoms with Crippen LogP contribution >= 0.6 is 0 Å². The molecular formula is C17H15N4O4+. The van der Waals surface area contributed by atoms with Gasteiger partial charge in [0.2, 0.25) is 0 Å². The van der Waals surface area contributed by atoms with Gasteiger partial charge in [0, 0.05) is 0 Å². The Labute approximate surface area is 142 Å². The van der Waals surface area contributed by atoms with E-state index in [-0.39, 0.29) is 5.84 Å². The molecule has 8 heteroatoms. The Kier molecular flexibility index (Phi) is 3.79. The van der Waals surface area contributed by atoms with Gasteiger partial charge in [-0.15, -0.1) is 5.01 Å². The van der Waals surface area contributed by atoms with Crippen LogP contribution in [0.1, 0.15) is 23.7 Å². The summed E-state index contributed by atoms with van der Waals surface area (Å²) >= 11 is 0. The van der Waals surface area contributed by atoms with Gasteiger partial charge in [0.15, 0.2) is 11.5 Å². The van der Waals surface area contributed by atoms with E-state index < -0.39 is 17.1 Å². The molecule has 4 rings (SSSR count). The third kappa shape index (κ3) is 2.79. The van der Waals surface area contributed by atoms with Gasteiger partial charge >= 0.3 is 5.84 Å². The largest absolute Gasteiger partial charge is 0.462 e. The minimum Gasteiger partial charge on any atom is -0.462 e. The zero-order valence-electron chi connectivity index (χ0n) is 13.1. The molecule has 8 nitrogen and oxygen atoms in total.